The van der Waals surface area contributed by atoms with Crippen molar-refractivity contribution in [1.82, 2.24) is 9.80 Å². The third kappa shape index (κ3) is 9.96. The van der Waals surface area contributed by atoms with Gasteiger partial charge in [0, 0.05) is 11.4 Å². The lowest BCUT2D eigenvalue weighted by atomic mass is 9.80. The molecule has 12 nitrogen and oxygen atoms in total. The highest BCUT2D eigenvalue weighted by Gasteiger charge is 2.60. The first-order valence-corrected chi connectivity index (χ1v) is 25.4. The van der Waals surface area contributed by atoms with Crippen LogP contribution in [0.4, 0.5) is 36.7 Å². The normalized spacial score (nSPS) is 17.7. The molecule has 0 unspecified atom stereocenters. The van der Waals surface area contributed by atoms with Crippen molar-refractivity contribution in [2.24, 2.45) is 0 Å². The van der Waals surface area contributed by atoms with E-state index in [1.54, 1.807) is 41.3 Å². The fourth-order valence-electron chi connectivity index (χ4n) is 10.9. The molecule has 8 amide bonds. The fourth-order valence-corrected chi connectivity index (χ4v) is 11.1. The minimum absolute atomic E-state index is 0.0860. The molecule has 4 aromatic rings. The minimum atomic E-state index is -1.14. The monoisotopic (exact) mass is 974 g/mol. The molecule has 14 heteroatoms. The molecule has 4 aromatic carbocycles. The van der Waals surface area contributed by atoms with Crippen molar-refractivity contribution in [1.29, 1.82) is 0 Å². The van der Waals surface area contributed by atoms with Gasteiger partial charge < -0.3 is 10.6 Å². The summed E-state index contributed by atoms with van der Waals surface area (Å²) in [5.41, 5.74) is 4.05. The smallest absolute Gasteiger partial charge is 0.324 e. The summed E-state index contributed by atoms with van der Waals surface area (Å²) in [5.74, 6) is -1.32. The molecule has 0 atom stereocenters. The lowest BCUT2D eigenvalue weighted by Crippen LogP contribution is -2.51. The first kappa shape index (κ1) is 51.8. The maximum Gasteiger partial charge on any atom is 0.332 e. The molecule has 2 N–H and O–H groups in total. The number of urea groups is 2. The molecular formula is C56H68ClFN6O6. The predicted molar refractivity (Wildman–Crippen MR) is 275 cm³/mol. The van der Waals surface area contributed by atoms with Crippen molar-refractivity contribution >= 4 is 70.0 Å². The number of carbonyl (C=O) groups excluding carboxylic acids is 6. The molecule has 70 heavy (non-hydrogen) atoms. The molecule has 2 aliphatic heterocycles. The fraction of sp³-hybridized carbons (Fsp3) is 0.464. The zero-order valence-electron chi connectivity index (χ0n) is 41.9. The SMILES string of the molecule is CC(C)c1cccc(C(C)C)c1NC(=O)CN1C(=O)N(c2ccccc2Cl)C2(CCCCC2)C1=O.CC(C)c1cccc(C(C)C)c1NC(=O)CN1C(=O)N(c2ccccc2F)C2(CCCCC2)C1=O. The van der Waals surface area contributed by atoms with E-state index >= 15 is 0 Å². The first-order valence-electron chi connectivity index (χ1n) is 25.0. The summed E-state index contributed by atoms with van der Waals surface area (Å²) in [7, 11) is 0. The summed E-state index contributed by atoms with van der Waals surface area (Å²) in [6.45, 7) is 15.8. The van der Waals surface area contributed by atoms with Gasteiger partial charge in [-0.3, -0.25) is 38.8 Å². The van der Waals surface area contributed by atoms with Crippen LogP contribution in [0.3, 0.4) is 0 Å². The largest absolute Gasteiger partial charge is 0.332 e. The first-order chi connectivity index (χ1) is 33.3. The Hall–Kier alpha value is -6.08. The van der Waals surface area contributed by atoms with Crippen molar-refractivity contribution in [2.45, 2.75) is 154 Å². The van der Waals surface area contributed by atoms with Crippen LogP contribution in [0.15, 0.2) is 84.9 Å². The molecule has 2 aliphatic carbocycles. The Balaban J connectivity index is 0.000000206. The number of amides is 8. The van der Waals surface area contributed by atoms with Gasteiger partial charge in [-0.25, -0.2) is 14.0 Å². The summed E-state index contributed by atoms with van der Waals surface area (Å²) in [6.07, 6.45) is 7.24. The Morgan fingerprint density at radius 2 is 0.857 bits per heavy atom. The van der Waals surface area contributed by atoms with E-state index in [0.717, 1.165) is 82.0 Å². The van der Waals surface area contributed by atoms with E-state index in [4.69, 9.17) is 11.6 Å². The second kappa shape index (κ2) is 21.5. The molecule has 2 spiro atoms. The average Bonchev–Trinajstić information content (AvgIpc) is 3.63. The van der Waals surface area contributed by atoms with E-state index in [1.165, 1.54) is 17.0 Å². The van der Waals surface area contributed by atoms with Crippen molar-refractivity contribution in [2.75, 3.05) is 33.5 Å². The summed E-state index contributed by atoms with van der Waals surface area (Å²) in [4.78, 5) is 86.2. The maximum atomic E-state index is 14.8. The number of imide groups is 2. The Morgan fingerprint density at radius 1 is 0.514 bits per heavy atom. The topological polar surface area (TPSA) is 139 Å². The molecule has 0 radical (unpaired) electrons. The number of nitrogens with one attached hydrogen (secondary N) is 2. The van der Waals surface area contributed by atoms with Crippen molar-refractivity contribution in [3.8, 4) is 0 Å². The van der Waals surface area contributed by atoms with Crippen LogP contribution < -0.4 is 20.4 Å². The van der Waals surface area contributed by atoms with Gasteiger partial charge in [-0.2, -0.15) is 0 Å². The third-order valence-electron chi connectivity index (χ3n) is 14.4. The van der Waals surface area contributed by atoms with E-state index < -0.39 is 47.3 Å². The van der Waals surface area contributed by atoms with Gasteiger partial charge in [-0.1, -0.05) is 166 Å². The molecule has 2 heterocycles. The maximum absolute atomic E-state index is 14.8. The van der Waals surface area contributed by atoms with Gasteiger partial charge in [-0.15, -0.1) is 0 Å². The Bertz CT molecular complexity index is 2400. The standard InChI is InChI=1S/C28H34ClN3O3.C28H34FN3O3/c2*1-18(2)20-11-10-12-21(19(3)4)25(20)30-24(33)17-31-26(34)28(15-8-5-9-16-28)32(27(31)35)23-14-7-6-13-22(23)29/h2*6-7,10-14,18-19H,5,8-9,15-17H2,1-4H3,(H,30,33). The quantitative estimate of drug-likeness (QED) is 0.136. The number of anilines is 4. The second-order valence-electron chi connectivity index (χ2n) is 20.4. The van der Waals surface area contributed by atoms with Crippen LogP contribution in [-0.4, -0.2) is 69.7 Å². The van der Waals surface area contributed by atoms with Gasteiger partial charge in [0.2, 0.25) is 11.8 Å². The van der Waals surface area contributed by atoms with Gasteiger partial charge in [0.05, 0.1) is 16.4 Å². The van der Waals surface area contributed by atoms with Crippen LogP contribution in [0.5, 0.6) is 0 Å². The number of nitrogens with zero attached hydrogens (tertiary/aromatic N) is 4. The predicted octanol–water partition coefficient (Wildman–Crippen LogP) is 12.9. The van der Waals surface area contributed by atoms with Crippen molar-refractivity contribution in [3.63, 3.8) is 0 Å². The van der Waals surface area contributed by atoms with Crippen LogP contribution in [0.1, 0.15) is 166 Å². The van der Waals surface area contributed by atoms with E-state index in [-0.39, 0.29) is 47.7 Å². The van der Waals surface area contributed by atoms with Gasteiger partial charge in [0.1, 0.15) is 30.0 Å². The number of para-hydroxylation sites is 4. The highest BCUT2D eigenvalue weighted by Crippen LogP contribution is 2.46. The van der Waals surface area contributed by atoms with Gasteiger partial charge >= 0.3 is 12.1 Å². The molecule has 2 saturated heterocycles. The minimum Gasteiger partial charge on any atom is -0.324 e. The average molecular weight is 976 g/mol. The number of hydrogen-bond donors (Lipinski definition) is 2. The third-order valence-corrected chi connectivity index (χ3v) is 14.7. The second-order valence-corrected chi connectivity index (χ2v) is 20.9. The zero-order chi connectivity index (χ0) is 50.7. The molecule has 0 aromatic heterocycles. The van der Waals surface area contributed by atoms with Crippen LogP contribution >= 0.6 is 11.6 Å². The number of benzene rings is 4. The summed E-state index contributed by atoms with van der Waals surface area (Å²) >= 11 is 6.47. The highest BCUT2D eigenvalue weighted by atomic mass is 35.5. The Kier molecular flexibility index (Phi) is 15.9. The molecule has 372 valence electrons. The Labute approximate surface area is 417 Å². The van der Waals surface area contributed by atoms with Gasteiger partial charge in [-0.05, 0) is 95.9 Å². The Morgan fingerprint density at radius 3 is 1.21 bits per heavy atom. The van der Waals surface area contributed by atoms with E-state index in [9.17, 15) is 33.2 Å². The number of carbonyl (C=O) groups is 6. The van der Waals surface area contributed by atoms with E-state index in [1.807, 2.05) is 36.4 Å². The van der Waals surface area contributed by atoms with E-state index in [0.29, 0.717) is 36.4 Å². The molecule has 4 aliphatic rings. The zero-order valence-corrected chi connectivity index (χ0v) is 42.6. The van der Waals surface area contributed by atoms with Gasteiger partial charge in [0.25, 0.3) is 11.8 Å². The van der Waals surface area contributed by atoms with Crippen LogP contribution in [0.25, 0.3) is 0 Å². The summed E-state index contributed by atoms with van der Waals surface area (Å²) in [6, 6.07) is 23.9. The van der Waals surface area contributed by atoms with Crippen LogP contribution in [-0.2, 0) is 19.2 Å². The van der Waals surface area contributed by atoms with Crippen LogP contribution in [0.2, 0.25) is 5.02 Å². The highest BCUT2D eigenvalue weighted by molar-refractivity contribution is 6.34. The lowest BCUT2D eigenvalue weighted by Gasteiger charge is -2.38. The molecule has 2 saturated carbocycles. The molecule has 4 fully saturated rings. The number of rotatable bonds is 12. The van der Waals surface area contributed by atoms with Gasteiger partial charge in [0.15, 0.2) is 0 Å². The summed E-state index contributed by atoms with van der Waals surface area (Å²) < 4.78 is 14.8. The molecule has 0 bridgehead atoms. The van der Waals surface area contributed by atoms with E-state index in [2.05, 4.69) is 66.0 Å². The number of hydrogen-bond acceptors (Lipinski definition) is 6. The lowest BCUT2D eigenvalue weighted by molar-refractivity contribution is -0.134. The van der Waals surface area contributed by atoms with Crippen molar-refractivity contribution < 1.29 is 33.2 Å². The molecular weight excluding hydrogens is 907 g/mol. The number of halogens is 2. The van der Waals surface area contributed by atoms with Crippen molar-refractivity contribution in [3.05, 3.63) is 118 Å². The molecule has 8 rings (SSSR count). The summed E-state index contributed by atoms with van der Waals surface area (Å²) in [5, 5.41) is 6.44. The van der Waals surface area contributed by atoms with Crippen LogP contribution in [0, 0.1) is 5.82 Å².